The lowest BCUT2D eigenvalue weighted by atomic mass is 10.2. The highest BCUT2D eigenvalue weighted by molar-refractivity contribution is 5.34. The average Bonchev–Trinajstić information content (AvgIpc) is 3.15. The van der Waals surface area contributed by atoms with E-state index in [-0.39, 0.29) is 0 Å². The van der Waals surface area contributed by atoms with Crippen LogP contribution in [0.5, 0.6) is 11.5 Å². The number of hydrogen-bond acceptors (Lipinski definition) is 4. The molecule has 5 nitrogen and oxygen atoms in total. The van der Waals surface area contributed by atoms with Crippen LogP contribution >= 0.6 is 0 Å². The summed E-state index contributed by atoms with van der Waals surface area (Å²) in [6.07, 6.45) is 9.83. The first kappa shape index (κ1) is 13.1. The minimum absolute atomic E-state index is 0.334. The summed E-state index contributed by atoms with van der Waals surface area (Å²) in [6.45, 7) is 4.98. The van der Waals surface area contributed by atoms with Gasteiger partial charge >= 0.3 is 0 Å². The molecule has 0 radical (unpaired) electrons. The fourth-order valence-electron chi connectivity index (χ4n) is 1.97. The summed E-state index contributed by atoms with van der Waals surface area (Å²) in [4.78, 5) is 4.18. The lowest BCUT2D eigenvalue weighted by Crippen LogP contribution is -2.15. The first-order valence-electron chi connectivity index (χ1n) is 7.10. The van der Waals surface area contributed by atoms with Gasteiger partial charge in [-0.3, -0.25) is 9.67 Å². The van der Waals surface area contributed by atoms with Gasteiger partial charge < -0.3 is 10.1 Å². The van der Waals surface area contributed by atoms with Gasteiger partial charge in [-0.05, 0) is 32.8 Å². The summed E-state index contributed by atoms with van der Waals surface area (Å²) in [7, 11) is 0. The highest BCUT2D eigenvalue weighted by Crippen LogP contribution is 2.26. The normalized spacial score (nSPS) is 14.8. The maximum absolute atomic E-state index is 5.93. The Hall–Kier alpha value is -1.88. The second-order valence-corrected chi connectivity index (χ2v) is 5.49. The van der Waals surface area contributed by atoms with Crippen molar-refractivity contribution < 1.29 is 4.74 Å². The van der Waals surface area contributed by atoms with Crippen LogP contribution in [-0.2, 0) is 6.54 Å². The third-order valence-corrected chi connectivity index (χ3v) is 3.35. The van der Waals surface area contributed by atoms with Crippen LogP contribution in [0.2, 0.25) is 0 Å². The van der Waals surface area contributed by atoms with E-state index in [0.29, 0.717) is 12.1 Å². The molecule has 3 rings (SSSR count). The van der Waals surface area contributed by atoms with Gasteiger partial charge in [-0.25, -0.2) is 0 Å². The third-order valence-electron chi connectivity index (χ3n) is 3.35. The second kappa shape index (κ2) is 5.63. The van der Waals surface area contributed by atoms with E-state index in [2.05, 4.69) is 29.2 Å². The molecule has 0 saturated heterocycles. The van der Waals surface area contributed by atoms with Gasteiger partial charge in [0.25, 0.3) is 0 Å². The molecule has 1 aliphatic carbocycles. The minimum atomic E-state index is 0.334. The Bertz CT molecular complexity index is 575. The first-order valence-corrected chi connectivity index (χ1v) is 7.10. The molecule has 0 unspecified atom stereocenters. The van der Waals surface area contributed by atoms with Crippen LogP contribution in [0.15, 0.2) is 30.9 Å². The minimum Gasteiger partial charge on any atom is -0.454 e. The molecule has 1 fully saturated rings. The number of ether oxygens (including phenoxy) is 1. The zero-order valence-electron chi connectivity index (χ0n) is 11.9. The number of rotatable bonds is 6. The molecule has 0 aromatic carbocycles. The highest BCUT2D eigenvalue weighted by atomic mass is 16.5. The Morgan fingerprint density at radius 2 is 2.25 bits per heavy atom. The largest absolute Gasteiger partial charge is 0.454 e. The van der Waals surface area contributed by atoms with Crippen molar-refractivity contribution in [2.24, 2.45) is 0 Å². The summed E-state index contributed by atoms with van der Waals surface area (Å²) in [5.74, 6) is 1.61. The van der Waals surface area contributed by atoms with E-state index in [1.165, 1.54) is 12.8 Å². The monoisotopic (exact) mass is 272 g/mol. The van der Waals surface area contributed by atoms with Crippen LogP contribution in [-0.4, -0.2) is 20.8 Å². The van der Waals surface area contributed by atoms with Crippen molar-refractivity contribution in [3.8, 4) is 11.5 Å². The molecule has 1 N–H and O–H groups in total. The van der Waals surface area contributed by atoms with Crippen molar-refractivity contribution in [3.05, 3.63) is 36.4 Å². The molecule has 2 aromatic rings. The zero-order chi connectivity index (χ0) is 13.9. The van der Waals surface area contributed by atoms with Crippen LogP contribution in [0, 0.1) is 0 Å². The molecule has 2 heterocycles. The van der Waals surface area contributed by atoms with E-state index in [1.54, 1.807) is 12.4 Å². The molecular formula is C15H20N4O. The lowest BCUT2D eigenvalue weighted by Gasteiger charge is -2.10. The van der Waals surface area contributed by atoms with E-state index in [0.717, 1.165) is 23.6 Å². The maximum Gasteiger partial charge on any atom is 0.165 e. The summed E-state index contributed by atoms with van der Waals surface area (Å²) >= 11 is 0. The number of nitrogens with zero attached hydrogens (tertiary/aromatic N) is 3. The molecule has 1 aliphatic rings. The summed E-state index contributed by atoms with van der Waals surface area (Å²) in [5.41, 5.74) is 1.08. The van der Waals surface area contributed by atoms with Crippen molar-refractivity contribution in [1.29, 1.82) is 0 Å². The quantitative estimate of drug-likeness (QED) is 0.878. The molecule has 0 bridgehead atoms. The smallest absolute Gasteiger partial charge is 0.165 e. The predicted molar refractivity (Wildman–Crippen MR) is 76.8 cm³/mol. The summed E-state index contributed by atoms with van der Waals surface area (Å²) in [6, 6.07) is 2.91. The Balaban J connectivity index is 1.71. The van der Waals surface area contributed by atoms with Gasteiger partial charge in [0.2, 0.25) is 0 Å². The van der Waals surface area contributed by atoms with Gasteiger partial charge in [0.15, 0.2) is 5.75 Å². The van der Waals surface area contributed by atoms with E-state index >= 15 is 0 Å². The van der Waals surface area contributed by atoms with Gasteiger partial charge in [0.1, 0.15) is 5.75 Å². The highest BCUT2D eigenvalue weighted by Gasteiger charge is 2.20. The first-order chi connectivity index (χ1) is 9.72. The Morgan fingerprint density at radius 1 is 1.40 bits per heavy atom. The molecule has 106 valence electrons. The number of hydrogen-bond donors (Lipinski definition) is 1. The number of nitrogens with one attached hydrogen (secondary N) is 1. The Morgan fingerprint density at radius 3 is 2.95 bits per heavy atom. The fraction of sp³-hybridized carbons (Fsp3) is 0.467. The van der Waals surface area contributed by atoms with Crippen molar-refractivity contribution >= 4 is 0 Å². The Kier molecular flexibility index (Phi) is 3.69. The van der Waals surface area contributed by atoms with Gasteiger partial charge in [-0.1, -0.05) is 0 Å². The Labute approximate surface area is 119 Å². The average molecular weight is 272 g/mol. The fourth-order valence-corrected chi connectivity index (χ4v) is 1.97. The molecule has 0 aliphatic heterocycles. The molecule has 5 heteroatoms. The number of aromatic nitrogens is 3. The summed E-state index contributed by atoms with van der Waals surface area (Å²) in [5, 5.41) is 7.77. The molecule has 0 amide bonds. The molecular weight excluding hydrogens is 252 g/mol. The van der Waals surface area contributed by atoms with Crippen molar-refractivity contribution in [2.75, 3.05) is 0 Å². The van der Waals surface area contributed by atoms with Crippen molar-refractivity contribution in [3.63, 3.8) is 0 Å². The van der Waals surface area contributed by atoms with Crippen LogP contribution in [0.1, 0.15) is 38.3 Å². The van der Waals surface area contributed by atoms with E-state index in [1.807, 2.05) is 23.1 Å². The van der Waals surface area contributed by atoms with Crippen LogP contribution in [0.25, 0.3) is 0 Å². The van der Waals surface area contributed by atoms with E-state index in [9.17, 15) is 0 Å². The predicted octanol–water partition coefficient (Wildman–Crippen LogP) is 2.90. The number of pyridine rings is 1. The lowest BCUT2D eigenvalue weighted by molar-refractivity contribution is 0.467. The van der Waals surface area contributed by atoms with Crippen LogP contribution < -0.4 is 10.1 Å². The van der Waals surface area contributed by atoms with Crippen LogP contribution in [0.3, 0.4) is 0 Å². The van der Waals surface area contributed by atoms with Gasteiger partial charge in [0.05, 0.1) is 12.4 Å². The molecule has 2 aromatic heterocycles. The standard InChI is InChI=1S/C15H20N4O/c1-11(2)19-10-14(9-18-19)20-15-5-6-16-7-12(15)8-17-13-3-4-13/h5-7,9-11,13,17H,3-4,8H2,1-2H3. The molecule has 1 saturated carbocycles. The van der Waals surface area contributed by atoms with Crippen molar-refractivity contribution in [2.45, 2.75) is 45.3 Å². The topological polar surface area (TPSA) is 52.0 Å². The third kappa shape index (κ3) is 3.17. The van der Waals surface area contributed by atoms with Crippen LogP contribution in [0.4, 0.5) is 0 Å². The van der Waals surface area contributed by atoms with Gasteiger partial charge in [0, 0.05) is 36.6 Å². The molecule has 0 atom stereocenters. The summed E-state index contributed by atoms with van der Waals surface area (Å²) < 4.78 is 7.82. The SMILES string of the molecule is CC(C)n1cc(Oc2ccncc2CNC2CC2)cn1. The molecule has 20 heavy (non-hydrogen) atoms. The maximum atomic E-state index is 5.93. The molecule has 0 spiro atoms. The zero-order valence-corrected chi connectivity index (χ0v) is 11.9. The van der Waals surface area contributed by atoms with E-state index in [4.69, 9.17) is 4.74 Å². The van der Waals surface area contributed by atoms with E-state index < -0.39 is 0 Å². The van der Waals surface area contributed by atoms with Gasteiger partial charge in [-0.15, -0.1) is 0 Å². The second-order valence-electron chi connectivity index (χ2n) is 5.49. The van der Waals surface area contributed by atoms with Crippen molar-refractivity contribution in [1.82, 2.24) is 20.1 Å². The van der Waals surface area contributed by atoms with Gasteiger partial charge in [-0.2, -0.15) is 5.10 Å².